The molecule has 1 saturated heterocycles. The van der Waals surface area contributed by atoms with Gasteiger partial charge in [-0.15, -0.1) is 0 Å². The third kappa shape index (κ3) is 2.37. The number of aliphatic hydroxyl groups excluding tert-OH is 1. The minimum Gasteiger partial charge on any atom is -0.392 e. The lowest BCUT2D eigenvalue weighted by Gasteiger charge is -2.26. The van der Waals surface area contributed by atoms with Crippen molar-refractivity contribution in [2.75, 3.05) is 13.1 Å². The van der Waals surface area contributed by atoms with E-state index < -0.39 is 0 Å². The van der Waals surface area contributed by atoms with Gasteiger partial charge in [-0.25, -0.2) is 4.31 Å². The number of β-amino-alcohol motifs (C(OH)–C–C–N with tert-alkyl or cyclic N) is 1. The van der Waals surface area contributed by atoms with Crippen LogP contribution < -0.4 is 0 Å². The standard InChI is InChI=1S/C5H11NOS2/c7-5-2-1-3-6(4-5)9-8/h5,7-8H,1-4H2/t5-/m0/s1. The van der Waals surface area contributed by atoms with Crippen molar-refractivity contribution in [3.63, 3.8) is 0 Å². The van der Waals surface area contributed by atoms with Crippen LogP contribution in [0.15, 0.2) is 0 Å². The molecule has 0 aromatic heterocycles. The lowest BCUT2D eigenvalue weighted by Crippen LogP contribution is -2.32. The van der Waals surface area contributed by atoms with Gasteiger partial charge in [-0.2, -0.15) is 0 Å². The lowest BCUT2D eigenvalue weighted by atomic mass is 10.1. The third-order valence-electron chi connectivity index (χ3n) is 1.47. The summed E-state index contributed by atoms with van der Waals surface area (Å²) < 4.78 is 2.07. The number of nitrogens with zero attached hydrogens (tertiary/aromatic N) is 1. The normalized spacial score (nSPS) is 30.7. The van der Waals surface area contributed by atoms with Gasteiger partial charge in [-0.3, -0.25) is 0 Å². The van der Waals surface area contributed by atoms with Crippen LogP contribution in [0.2, 0.25) is 0 Å². The zero-order valence-corrected chi connectivity index (χ0v) is 6.87. The number of aliphatic hydroxyl groups is 1. The molecule has 1 rings (SSSR count). The van der Waals surface area contributed by atoms with Crippen LogP contribution in [0, 0.1) is 0 Å². The van der Waals surface area contributed by atoms with E-state index in [2.05, 4.69) is 16.0 Å². The van der Waals surface area contributed by atoms with Crippen LogP contribution in [0.3, 0.4) is 0 Å². The summed E-state index contributed by atoms with van der Waals surface area (Å²) in [6, 6.07) is 0. The van der Waals surface area contributed by atoms with Gasteiger partial charge in [0, 0.05) is 13.1 Å². The van der Waals surface area contributed by atoms with Crippen LogP contribution in [0.5, 0.6) is 0 Å². The third-order valence-corrected chi connectivity index (χ3v) is 2.73. The summed E-state index contributed by atoms with van der Waals surface area (Å²) >= 11 is 4.04. The molecule has 54 valence electrons. The maximum absolute atomic E-state index is 9.12. The minimum absolute atomic E-state index is 0.126. The van der Waals surface area contributed by atoms with Crippen molar-refractivity contribution >= 4 is 22.6 Å². The fourth-order valence-corrected chi connectivity index (χ4v) is 1.89. The second-order valence-electron chi connectivity index (χ2n) is 2.27. The Morgan fingerprint density at radius 1 is 1.67 bits per heavy atom. The fourth-order valence-electron chi connectivity index (χ4n) is 0.995. The van der Waals surface area contributed by atoms with E-state index >= 15 is 0 Å². The average Bonchev–Trinajstić information content (AvgIpc) is 1.88. The van der Waals surface area contributed by atoms with Gasteiger partial charge in [-0.1, -0.05) is 11.7 Å². The van der Waals surface area contributed by atoms with E-state index in [0.717, 1.165) is 25.9 Å². The topological polar surface area (TPSA) is 23.5 Å². The van der Waals surface area contributed by atoms with Crippen molar-refractivity contribution < 1.29 is 5.11 Å². The van der Waals surface area contributed by atoms with Crippen molar-refractivity contribution in [3.05, 3.63) is 0 Å². The highest BCUT2D eigenvalue weighted by molar-refractivity contribution is 8.67. The quantitative estimate of drug-likeness (QED) is 0.343. The van der Waals surface area contributed by atoms with Crippen molar-refractivity contribution in [2.24, 2.45) is 0 Å². The largest absolute Gasteiger partial charge is 0.392 e. The van der Waals surface area contributed by atoms with Gasteiger partial charge in [0.05, 0.1) is 6.10 Å². The van der Waals surface area contributed by atoms with Crippen LogP contribution in [-0.2, 0) is 0 Å². The Hall–Kier alpha value is 0.620. The molecule has 0 amide bonds. The zero-order chi connectivity index (χ0) is 6.69. The lowest BCUT2D eigenvalue weighted by molar-refractivity contribution is 0.113. The van der Waals surface area contributed by atoms with E-state index in [-0.39, 0.29) is 6.10 Å². The van der Waals surface area contributed by atoms with Gasteiger partial charge < -0.3 is 5.11 Å². The fraction of sp³-hybridized carbons (Fsp3) is 1.00. The molecular weight excluding hydrogens is 154 g/mol. The summed E-state index contributed by atoms with van der Waals surface area (Å²) in [6.07, 6.45) is 1.91. The zero-order valence-electron chi connectivity index (χ0n) is 5.16. The van der Waals surface area contributed by atoms with Gasteiger partial charge in [0.1, 0.15) is 0 Å². The minimum atomic E-state index is -0.126. The number of hydrogen-bond acceptors (Lipinski definition) is 4. The number of hydrogen-bond donors (Lipinski definition) is 2. The molecular formula is C5H11NOS2. The smallest absolute Gasteiger partial charge is 0.0677 e. The Kier molecular flexibility index (Phi) is 3.18. The maximum atomic E-state index is 9.12. The molecule has 0 saturated carbocycles. The molecule has 0 unspecified atom stereocenters. The summed E-state index contributed by atoms with van der Waals surface area (Å²) in [6.45, 7) is 1.83. The highest BCUT2D eigenvalue weighted by Gasteiger charge is 2.16. The molecule has 4 heteroatoms. The first-order valence-corrected chi connectivity index (χ1v) is 4.90. The molecule has 0 radical (unpaired) electrons. The Balaban J connectivity index is 2.23. The Bertz CT molecular complexity index is 91.0. The van der Waals surface area contributed by atoms with Crippen molar-refractivity contribution in [2.45, 2.75) is 18.9 Å². The highest BCUT2D eigenvalue weighted by atomic mass is 33.1. The molecule has 0 bridgehead atoms. The molecule has 0 spiro atoms. The molecule has 1 atom stereocenters. The Morgan fingerprint density at radius 3 is 2.89 bits per heavy atom. The molecule has 1 aliphatic rings. The molecule has 9 heavy (non-hydrogen) atoms. The summed E-state index contributed by atoms with van der Waals surface area (Å²) in [5.74, 6) is 0. The van der Waals surface area contributed by atoms with E-state index in [4.69, 9.17) is 5.11 Å². The van der Waals surface area contributed by atoms with Crippen LogP contribution in [0.4, 0.5) is 0 Å². The van der Waals surface area contributed by atoms with E-state index in [1.165, 1.54) is 11.0 Å². The van der Waals surface area contributed by atoms with Gasteiger partial charge in [-0.05, 0) is 23.8 Å². The number of thiol groups is 1. The van der Waals surface area contributed by atoms with Crippen LogP contribution in [0.25, 0.3) is 0 Å². The van der Waals surface area contributed by atoms with Gasteiger partial charge in [0.2, 0.25) is 0 Å². The monoisotopic (exact) mass is 165 g/mol. The SMILES string of the molecule is O[C@H]1CCCN(SS)C1. The maximum Gasteiger partial charge on any atom is 0.0677 e. The first-order valence-electron chi connectivity index (χ1n) is 3.07. The summed E-state index contributed by atoms with van der Waals surface area (Å²) in [5, 5.41) is 9.12. The number of rotatable bonds is 1. The van der Waals surface area contributed by atoms with E-state index in [0.29, 0.717) is 0 Å². The van der Waals surface area contributed by atoms with Gasteiger partial charge in [0.25, 0.3) is 0 Å². The molecule has 1 N–H and O–H groups in total. The van der Waals surface area contributed by atoms with E-state index in [9.17, 15) is 0 Å². The molecule has 1 heterocycles. The second-order valence-corrected chi connectivity index (χ2v) is 3.44. The van der Waals surface area contributed by atoms with Gasteiger partial charge in [0.15, 0.2) is 0 Å². The van der Waals surface area contributed by atoms with Crippen molar-refractivity contribution in [1.29, 1.82) is 0 Å². The van der Waals surface area contributed by atoms with Crippen molar-refractivity contribution in [1.82, 2.24) is 4.31 Å². The average molecular weight is 165 g/mol. The predicted molar refractivity (Wildman–Crippen MR) is 43.4 cm³/mol. The molecule has 1 fully saturated rings. The second kappa shape index (κ2) is 3.71. The molecule has 1 aliphatic heterocycles. The van der Waals surface area contributed by atoms with E-state index in [1.54, 1.807) is 0 Å². The van der Waals surface area contributed by atoms with Crippen LogP contribution in [0.1, 0.15) is 12.8 Å². The predicted octanol–water partition coefficient (Wildman–Crippen LogP) is 0.936. The molecule has 0 aromatic rings. The first-order chi connectivity index (χ1) is 4.33. The van der Waals surface area contributed by atoms with E-state index in [1.807, 2.05) is 0 Å². The Morgan fingerprint density at radius 2 is 2.44 bits per heavy atom. The molecule has 0 aromatic carbocycles. The van der Waals surface area contributed by atoms with Crippen LogP contribution in [-0.4, -0.2) is 28.6 Å². The van der Waals surface area contributed by atoms with Crippen molar-refractivity contribution in [3.8, 4) is 0 Å². The highest BCUT2D eigenvalue weighted by Crippen LogP contribution is 2.20. The Labute approximate surface area is 64.6 Å². The summed E-state index contributed by atoms with van der Waals surface area (Å²) in [7, 11) is 1.42. The molecule has 2 nitrogen and oxygen atoms in total. The van der Waals surface area contributed by atoms with Gasteiger partial charge >= 0.3 is 0 Å². The number of piperidine rings is 1. The summed E-state index contributed by atoms with van der Waals surface area (Å²) in [5.41, 5.74) is 0. The first kappa shape index (κ1) is 7.72. The summed E-state index contributed by atoms with van der Waals surface area (Å²) in [4.78, 5) is 0. The van der Waals surface area contributed by atoms with Crippen LogP contribution >= 0.6 is 22.6 Å². The molecule has 0 aliphatic carbocycles.